The van der Waals surface area contributed by atoms with Gasteiger partial charge in [0.15, 0.2) is 0 Å². The second-order valence-electron chi connectivity index (χ2n) is 7.06. The van der Waals surface area contributed by atoms with Gasteiger partial charge in [0, 0.05) is 37.0 Å². The van der Waals surface area contributed by atoms with E-state index in [1.807, 2.05) is 19.9 Å². The first-order valence-electron chi connectivity index (χ1n) is 9.22. The smallest absolute Gasteiger partial charge is 0.341 e. The van der Waals surface area contributed by atoms with Gasteiger partial charge in [0.2, 0.25) is 9.84 Å². The normalized spacial score (nSPS) is 15.4. The predicted octanol–water partition coefficient (Wildman–Crippen LogP) is 3.08. The number of hydrogen-bond donors (Lipinski definition) is 1. The fourth-order valence-corrected chi connectivity index (χ4v) is 4.14. The topological polar surface area (TPSA) is 118 Å². The Bertz CT molecular complexity index is 1040. The van der Waals surface area contributed by atoms with Crippen LogP contribution in [0.4, 0.5) is 26.0 Å². The molecule has 2 heterocycles. The Morgan fingerprint density at radius 3 is 2.43 bits per heavy atom. The minimum Gasteiger partial charge on any atom is -0.377 e. The van der Waals surface area contributed by atoms with Crippen molar-refractivity contribution in [2.45, 2.75) is 43.4 Å². The molecule has 0 saturated carbocycles. The van der Waals surface area contributed by atoms with Crippen molar-refractivity contribution < 1.29 is 22.1 Å². The third kappa shape index (κ3) is 4.64. The molecule has 0 radical (unpaired) electrons. The van der Waals surface area contributed by atoms with Crippen LogP contribution in [0, 0.1) is 24.0 Å². The highest BCUT2D eigenvalue weighted by molar-refractivity contribution is 7.91. The quantitative estimate of drug-likeness (QED) is 0.537. The number of nitro benzene ring substituents is 1. The molecule has 0 aliphatic carbocycles. The van der Waals surface area contributed by atoms with Crippen LogP contribution in [0.2, 0.25) is 0 Å². The third-order valence-corrected chi connectivity index (χ3v) is 6.24. The Labute approximate surface area is 172 Å². The van der Waals surface area contributed by atoms with Crippen LogP contribution < -0.4 is 10.2 Å². The molecule has 162 valence electrons. The molecular weight excluding hydrogens is 420 g/mol. The van der Waals surface area contributed by atoms with E-state index in [1.54, 1.807) is 0 Å². The number of halogens is 2. The van der Waals surface area contributed by atoms with Crippen molar-refractivity contribution >= 4 is 27.0 Å². The van der Waals surface area contributed by atoms with E-state index >= 15 is 0 Å². The number of benzene rings is 1. The summed E-state index contributed by atoms with van der Waals surface area (Å²) in [7, 11) is -4.91. The van der Waals surface area contributed by atoms with Crippen molar-refractivity contribution in [2.24, 2.45) is 0 Å². The second kappa shape index (κ2) is 8.46. The molecule has 0 spiro atoms. The van der Waals surface area contributed by atoms with Gasteiger partial charge in [0.1, 0.15) is 17.3 Å². The van der Waals surface area contributed by atoms with Crippen molar-refractivity contribution in [2.75, 3.05) is 23.3 Å². The molecule has 0 atom stereocenters. The van der Waals surface area contributed by atoms with E-state index in [-0.39, 0.29) is 11.7 Å². The summed E-state index contributed by atoms with van der Waals surface area (Å²) < 4.78 is 48.7. The standard InChI is InChI=1S/C18H21F2N5O4S/c1-11-9-17(22-12(2)21-11)24-7-5-13(6-8-24)23-15-4-3-14(10-16(15)25(26)27)30(28,29)18(19)20/h3-4,9-10,13,18,23H,5-8H2,1-2H3. The fraction of sp³-hybridized carbons (Fsp3) is 0.444. The summed E-state index contributed by atoms with van der Waals surface area (Å²) >= 11 is 0. The zero-order valence-corrected chi connectivity index (χ0v) is 17.2. The Balaban J connectivity index is 1.73. The van der Waals surface area contributed by atoms with Gasteiger partial charge in [-0.25, -0.2) is 18.4 Å². The Morgan fingerprint density at radius 2 is 1.87 bits per heavy atom. The maximum atomic E-state index is 12.7. The Hall–Kier alpha value is -2.89. The molecule has 2 aromatic rings. The SMILES string of the molecule is Cc1cc(N2CCC(Nc3ccc(S(=O)(=O)C(F)F)cc3[N+](=O)[O-])CC2)nc(C)n1. The van der Waals surface area contributed by atoms with E-state index in [0.717, 1.165) is 23.6 Å². The molecule has 0 unspecified atom stereocenters. The molecule has 1 saturated heterocycles. The van der Waals surface area contributed by atoms with Gasteiger partial charge >= 0.3 is 5.76 Å². The van der Waals surface area contributed by atoms with Crippen LogP contribution in [0.5, 0.6) is 0 Å². The van der Waals surface area contributed by atoms with Gasteiger partial charge in [0.25, 0.3) is 5.69 Å². The van der Waals surface area contributed by atoms with Gasteiger partial charge in [-0.2, -0.15) is 8.78 Å². The first-order valence-corrected chi connectivity index (χ1v) is 10.8. The molecule has 12 heteroatoms. The molecule has 1 aliphatic rings. The number of hydrogen-bond acceptors (Lipinski definition) is 8. The third-order valence-electron chi connectivity index (χ3n) is 4.86. The molecule has 0 amide bonds. The zero-order chi connectivity index (χ0) is 22.1. The van der Waals surface area contributed by atoms with E-state index < -0.39 is 31.1 Å². The van der Waals surface area contributed by atoms with E-state index in [2.05, 4.69) is 20.2 Å². The summed E-state index contributed by atoms with van der Waals surface area (Å²) in [5, 5.41) is 14.4. The van der Waals surface area contributed by atoms with Crippen LogP contribution in [-0.2, 0) is 9.84 Å². The molecule has 1 N–H and O–H groups in total. The molecule has 30 heavy (non-hydrogen) atoms. The summed E-state index contributed by atoms with van der Waals surface area (Å²) in [6, 6.07) is 4.59. The van der Waals surface area contributed by atoms with E-state index in [1.165, 1.54) is 0 Å². The lowest BCUT2D eigenvalue weighted by Gasteiger charge is -2.33. The van der Waals surface area contributed by atoms with Crippen molar-refractivity contribution in [3.63, 3.8) is 0 Å². The number of aryl methyl sites for hydroxylation is 2. The Morgan fingerprint density at radius 1 is 1.20 bits per heavy atom. The molecule has 3 rings (SSSR count). The number of sulfone groups is 1. The van der Waals surface area contributed by atoms with E-state index in [4.69, 9.17) is 0 Å². The lowest BCUT2D eigenvalue weighted by Crippen LogP contribution is -2.39. The molecule has 9 nitrogen and oxygen atoms in total. The number of aromatic nitrogens is 2. The maximum Gasteiger partial charge on any atom is 0.341 e. The van der Waals surface area contributed by atoms with Gasteiger partial charge in [-0.1, -0.05) is 0 Å². The number of nitrogens with one attached hydrogen (secondary N) is 1. The zero-order valence-electron chi connectivity index (χ0n) is 16.4. The van der Waals surface area contributed by atoms with Crippen molar-refractivity contribution in [1.82, 2.24) is 9.97 Å². The van der Waals surface area contributed by atoms with Crippen LogP contribution in [0.1, 0.15) is 24.4 Å². The number of piperidine rings is 1. The summed E-state index contributed by atoms with van der Waals surface area (Å²) in [5.41, 5.74) is 0.411. The van der Waals surface area contributed by atoms with Gasteiger partial charge in [0.05, 0.1) is 9.82 Å². The molecule has 1 aromatic carbocycles. The van der Waals surface area contributed by atoms with Crippen LogP contribution in [0.25, 0.3) is 0 Å². The lowest BCUT2D eigenvalue weighted by molar-refractivity contribution is -0.384. The lowest BCUT2D eigenvalue weighted by atomic mass is 10.0. The average Bonchev–Trinajstić information content (AvgIpc) is 2.67. The summed E-state index contributed by atoms with van der Waals surface area (Å²) in [5.74, 6) is -2.14. The summed E-state index contributed by atoms with van der Waals surface area (Å²) in [6.45, 7) is 5.05. The van der Waals surface area contributed by atoms with Gasteiger partial charge in [-0.15, -0.1) is 0 Å². The highest BCUT2D eigenvalue weighted by Gasteiger charge is 2.30. The minimum absolute atomic E-state index is 0.0958. The van der Waals surface area contributed by atoms with Crippen molar-refractivity contribution in [1.29, 1.82) is 0 Å². The number of alkyl halides is 2. The molecule has 1 aliphatic heterocycles. The van der Waals surface area contributed by atoms with Crippen LogP contribution >= 0.6 is 0 Å². The van der Waals surface area contributed by atoms with Crippen LogP contribution in [0.15, 0.2) is 29.2 Å². The monoisotopic (exact) mass is 441 g/mol. The molecule has 1 aromatic heterocycles. The van der Waals surface area contributed by atoms with Crippen LogP contribution in [-0.4, -0.2) is 48.2 Å². The van der Waals surface area contributed by atoms with E-state index in [0.29, 0.717) is 37.8 Å². The Kier molecular flexibility index (Phi) is 6.15. The van der Waals surface area contributed by atoms with Gasteiger partial charge in [-0.3, -0.25) is 10.1 Å². The maximum absolute atomic E-state index is 12.7. The van der Waals surface area contributed by atoms with Gasteiger partial charge < -0.3 is 10.2 Å². The van der Waals surface area contributed by atoms with Crippen molar-refractivity contribution in [3.05, 3.63) is 45.9 Å². The number of nitro groups is 1. The van der Waals surface area contributed by atoms with Crippen molar-refractivity contribution in [3.8, 4) is 0 Å². The average molecular weight is 441 g/mol. The number of nitrogens with zero attached hydrogens (tertiary/aromatic N) is 4. The second-order valence-corrected chi connectivity index (χ2v) is 8.98. The largest absolute Gasteiger partial charge is 0.377 e. The predicted molar refractivity (Wildman–Crippen MR) is 107 cm³/mol. The summed E-state index contributed by atoms with van der Waals surface area (Å²) in [6.07, 6.45) is 1.33. The molecular formula is C18H21F2N5O4S. The highest BCUT2D eigenvalue weighted by atomic mass is 32.2. The van der Waals surface area contributed by atoms with E-state index in [9.17, 15) is 27.3 Å². The first kappa shape index (κ1) is 21.8. The molecule has 0 bridgehead atoms. The number of rotatable bonds is 6. The fourth-order valence-electron chi connectivity index (χ4n) is 3.40. The van der Waals surface area contributed by atoms with Crippen LogP contribution in [0.3, 0.4) is 0 Å². The highest BCUT2D eigenvalue weighted by Crippen LogP contribution is 2.31. The number of anilines is 2. The summed E-state index contributed by atoms with van der Waals surface area (Å²) in [4.78, 5) is 20.6. The molecule has 1 fully saturated rings. The van der Waals surface area contributed by atoms with Gasteiger partial charge in [-0.05, 0) is 38.8 Å². The first-order chi connectivity index (χ1) is 14.1. The minimum atomic E-state index is -4.91.